The minimum Gasteiger partial charge on any atom is -0.480 e. The Hall–Kier alpha value is -1.76. The highest BCUT2D eigenvalue weighted by molar-refractivity contribution is 7.92. The number of aliphatic carboxylic acids is 1. The van der Waals surface area contributed by atoms with E-state index in [-0.39, 0.29) is 23.1 Å². The molecular weight excluding hydrogens is 282 g/mol. The fourth-order valence-corrected chi connectivity index (χ4v) is 2.81. The zero-order valence-corrected chi connectivity index (χ0v) is 12.3. The van der Waals surface area contributed by atoms with Crippen molar-refractivity contribution in [1.29, 1.82) is 0 Å². The number of hydrogen-bond acceptors (Lipinski definition) is 4. The lowest BCUT2D eigenvalue weighted by molar-refractivity contribution is -0.139. The van der Waals surface area contributed by atoms with Gasteiger partial charge in [-0.15, -0.1) is 0 Å². The Labute approximate surface area is 118 Å². The lowest BCUT2D eigenvalue weighted by atomic mass is 10.2. The van der Waals surface area contributed by atoms with Gasteiger partial charge in [0.05, 0.1) is 11.4 Å². The van der Waals surface area contributed by atoms with Crippen molar-refractivity contribution < 1.29 is 23.1 Å². The fourth-order valence-electron chi connectivity index (χ4n) is 1.43. The number of carbonyl (C=O) groups is 1. The summed E-state index contributed by atoms with van der Waals surface area (Å²) >= 11 is 0. The predicted molar refractivity (Wildman–Crippen MR) is 76.4 cm³/mol. The largest absolute Gasteiger partial charge is 0.480 e. The summed E-state index contributed by atoms with van der Waals surface area (Å²) in [4.78, 5) is 10.5. The maximum Gasteiger partial charge on any atom is 0.341 e. The highest BCUT2D eigenvalue weighted by atomic mass is 32.2. The minimum atomic E-state index is -3.47. The van der Waals surface area contributed by atoms with Crippen LogP contribution in [-0.2, 0) is 14.8 Å². The first-order chi connectivity index (χ1) is 9.30. The van der Waals surface area contributed by atoms with Gasteiger partial charge >= 0.3 is 5.97 Å². The smallest absolute Gasteiger partial charge is 0.341 e. The first kappa shape index (κ1) is 16.3. The van der Waals surface area contributed by atoms with Gasteiger partial charge in [0, 0.05) is 0 Å². The van der Waals surface area contributed by atoms with Gasteiger partial charge in [-0.3, -0.25) is 4.72 Å². The van der Waals surface area contributed by atoms with Crippen LogP contribution in [-0.4, -0.2) is 31.9 Å². The molecule has 1 aromatic rings. The topological polar surface area (TPSA) is 92.7 Å². The molecule has 0 spiro atoms. The van der Waals surface area contributed by atoms with Gasteiger partial charge < -0.3 is 9.84 Å². The molecule has 7 heteroatoms. The average molecular weight is 301 g/mol. The van der Waals surface area contributed by atoms with E-state index in [4.69, 9.17) is 9.84 Å². The van der Waals surface area contributed by atoms with E-state index >= 15 is 0 Å². The summed E-state index contributed by atoms with van der Waals surface area (Å²) in [5.41, 5.74) is 0.248. The zero-order chi connectivity index (χ0) is 15.2. The van der Waals surface area contributed by atoms with Crippen LogP contribution in [0.1, 0.15) is 20.3 Å². The van der Waals surface area contributed by atoms with E-state index in [1.807, 2.05) is 13.8 Å². The van der Waals surface area contributed by atoms with Crippen molar-refractivity contribution in [3.63, 3.8) is 0 Å². The molecule has 0 saturated heterocycles. The molecule has 1 rings (SSSR count). The number of carboxylic acids is 1. The molecule has 0 bridgehead atoms. The van der Waals surface area contributed by atoms with Crippen molar-refractivity contribution in [2.45, 2.75) is 20.3 Å². The Balaban J connectivity index is 2.78. The molecule has 0 radical (unpaired) electrons. The molecule has 0 aromatic heterocycles. The second-order valence-corrected chi connectivity index (χ2v) is 6.62. The third kappa shape index (κ3) is 5.92. The van der Waals surface area contributed by atoms with Crippen molar-refractivity contribution in [2.75, 3.05) is 17.1 Å². The van der Waals surface area contributed by atoms with E-state index in [1.165, 1.54) is 12.1 Å². The molecule has 0 aliphatic heterocycles. The predicted octanol–water partition coefficient (Wildman–Crippen LogP) is 1.94. The van der Waals surface area contributed by atoms with Crippen molar-refractivity contribution in [3.8, 4) is 5.75 Å². The van der Waals surface area contributed by atoms with Crippen molar-refractivity contribution in [3.05, 3.63) is 24.3 Å². The first-order valence-corrected chi connectivity index (χ1v) is 7.89. The third-order valence-electron chi connectivity index (χ3n) is 2.47. The minimum absolute atomic E-state index is 0.0118. The van der Waals surface area contributed by atoms with Crippen LogP contribution >= 0.6 is 0 Å². The number of anilines is 1. The van der Waals surface area contributed by atoms with Gasteiger partial charge in [0.1, 0.15) is 5.75 Å². The molecule has 0 fully saturated rings. The number of benzene rings is 1. The second-order valence-electron chi connectivity index (χ2n) is 4.78. The van der Waals surface area contributed by atoms with Crippen molar-refractivity contribution >= 4 is 21.7 Å². The summed E-state index contributed by atoms with van der Waals surface area (Å²) in [5.74, 6) is -0.631. The third-order valence-corrected chi connectivity index (χ3v) is 3.77. The van der Waals surface area contributed by atoms with E-state index in [0.29, 0.717) is 6.42 Å². The number of carboxylic acid groups (broad SMARTS) is 1. The summed E-state index contributed by atoms with van der Waals surface area (Å²) < 4.78 is 31.3. The van der Waals surface area contributed by atoms with Crippen LogP contribution in [0.3, 0.4) is 0 Å². The molecule has 0 saturated carbocycles. The van der Waals surface area contributed by atoms with Gasteiger partial charge in [0.2, 0.25) is 10.0 Å². The van der Waals surface area contributed by atoms with Crippen LogP contribution < -0.4 is 9.46 Å². The quantitative estimate of drug-likeness (QED) is 0.765. The van der Waals surface area contributed by atoms with Crippen molar-refractivity contribution in [1.82, 2.24) is 0 Å². The number of sulfonamides is 1. The SMILES string of the molecule is CC(C)CCS(=O)(=O)Nc1ccccc1OCC(=O)O. The van der Waals surface area contributed by atoms with E-state index in [2.05, 4.69) is 4.72 Å². The van der Waals surface area contributed by atoms with E-state index in [1.54, 1.807) is 12.1 Å². The molecule has 20 heavy (non-hydrogen) atoms. The normalized spacial score (nSPS) is 11.3. The van der Waals surface area contributed by atoms with E-state index in [0.717, 1.165) is 0 Å². The highest BCUT2D eigenvalue weighted by Crippen LogP contribution is 2.25. The average Bonchev–Trinajstić information content (AvgIpc) is 2.35. The standard InChI is InChI=1S/C13H19NO5S/c1-10(2)7-8-20(17,18)14-11-5-3-4-6-12(11)19-9-13(15)16/h3-6,10,14H,7-9H2,1-2H3,(H,15,16). The zero-order valence-electron chi connectivity index (χ0n) is 11.5. The van der Waals surface area contributed by atoms with Crippen LogP contribution in [0.25, 0.3) is 0 Å². The summed E-state index contributed by atoms with van der Waals surface area (Å²) in [7, 11) is -3.47. The lowest BCUT2D eigenvalue weighted by Crippen LogP contribution is -2.19. The summed E-state index contributed by atoms with van der Waals surface area (Å²) in [6.07, 6.45) is 0.549. The molecule has 0 heterocycles. The summed E-state index contributed by atoms with van der Waals surface area (Å²) in [6, 6.07) is 6.34. The first-order valence-electron chi connectivity index (χ1n) is 6.24. The molecule has 6 nitrogen and oxygen atoms in total. The van der Waals surface area contributed by atoms with Crippen LogP contribution in [0.15, 0.2) is 24.3 Å². The maximum atomic E-state index is 11.9. The van der Waals surface area contributed by atoms with Crippen molar-refractivity contribution in [2.24, 2.45) is 5.92 Å². The van der Waals surface area contributed by atoms with Gasteiger partial charge in [-0.1, -0.05) is 26.0 Å². The molecule has 0 aliphatic carbocycles. The van der Waals surface area contributed by atoms with Crippen LogP contribution in [0.2, 0.25) is 0 Å². The number of para-hydroxylation sites is 2. The van der Waals surface area contributed by atoms with Gasteiger partial charge in [0.15, 0.2) is 6.61 Å². The van der Waals surface area contributed by atoms with Crippen LogP contribution in [0.4, 0.5) is 5.69 Å². The summed E-state index contributed by atoms with van der Waals surface area (Å²) in [5, 5.41) is 8.58. The molecule has 0 amide bonds. The Morgan fingerprint density at radius 1 is 1.35 bits per heavy atom. The van der Waals surface area contributed by atoms with Crippen LogP contribution in [0, 0.1) is 5.92 Å². The molecular formula is C13H19NO5S. The van der Waals surface area contributed by atoms with Gasteiger partial charge in [-0.05, 0) is 24.5 Å². The molecule has 1 aromatic carbocycles. The van der Waals surface area contributed by atoms with E-state index in [9.17, 15) is 13.2 Å². The van der Waals surface area contributed by atoms with E-state index < -0.39 is 22.6 Å². The number of ether oxygens (including phenoxy) is 1. The monoisotopic (exact) mass is 301 g/mol. The molecule has 2 N–H and O–H groups in total. The number of hydrogen-bond donors (Lipinski definition) is 2. The Bertz CT molecular complexity index is 554. The molecule has 112 valence electrons. The molecule has 0 atom stereocenters. The Morgan fingerprint density at radius 2 is 2.00 bits per heavy atom. The molecule has 0 aliphatic rings. The van der Waals surface area contributed by atoms with Gasteiger partial charge in [-0.2, -0.15) is 0 Å². The Morgan fingerprint density at radius 3 is 2.60 bits per heavy atom. The maximum absolute atomic E-state index is 11.9. The lowest BCUT2D eigenvalue weighted by Gasteiger charge is -2.13. The second kappa shape index (κ2) is 7.14. The summed E-state index contributed by atoms with van der Waals surface area (Å²) in [6.45, 7) is 3.36. The fraction of sp³-hybridized carbons (Fsp3) is 0.462. The number of rotatable bonds is 8. The van der Waals surface area contributed by atoms with Gasteiger partial charge in [-0.25, -0.2) is 13.2 Å². The Kier molecular flexibility index (Phi) is 5.82. The van der Waals surface area contributed by atoms with Gasteiger partial charge in [0.25, 0.3) is 0 Å². The van der Waals surface area contributed by atoms with Crippen LogP contribution in [0.5, 0.6) is 5.75 Å². The highest BCUT2D eigenvalue weighted by Gasteiger charge is 2.14. The number of nitrogens with one attached hydrogen (secondary N) is 1. The molecule has 0 unspecified atom stereocenters.